The zero-order chi connectivity index (χ0) is 11.4. The second-order valence-electron chi connectivity index (χ2n) is 4.80. The molecule has 1 aromatic rings. The van der Waals surface area contributed by atoms with Crippen molar-refractivity contribution < 1.29 is 0 Å². The van der Waals surface area contributed by atoms with Crippen LogP contribution in [0.1, 0.15) is 55.7 Å². The van der Waals surface area contributed by atoms with Crippen molar-refractivity contribution in [1.82, 2.24) is 9.97 Å². The number of aromatic amines is 1. The lowest BCUT2D eigenvalue weighted by Gasteiger charge is -2.20. The van der Waals surface area contributed by atoms with Crippen molar-refractivity contribution in [3.63, 3.8) is 0 Å². The molecule has 1 heterocycles. The highest BCUT2D eigenvalue weighted by Gasteiger charge is 2.15. The van der Waals surface area contributed by atoms with E-state index in [1.165, 1.54) is 38.5 Å². The van der Waals surface area contributed by atoms with E-state index >= 15 is 0 Å². The molecule has 1 aliphatic carbocycles. The van der Waals surface area contributed by atoms with Crippen LogP contribution in [0, 0.1) is 24.2 Å². The molecule has 3 heteroatoms. The third-order valence-corrected chi connectivity index (χ3v) is 3.53. The van der Waals surface area contributed by atoms with Gasteiger partial charge >= 0.3 is 0 Å². The zero-order valence-corrected chi connectivity index (χ0v) is 9.92. The number of hydrogen-bond donors (Lipinski definition) is 1. The van der Waals surface area contributed by atoms with Crippen LogP contribution in [0.2, 0.25) is 0 Å². The summed E-state index contributed by atoms with van der Waals surface area (Å²) in [7, 11) is 0. The molecule has 0 aromatic carbocycles. The molecule has 1 fully saturated rings. The summed E-state index contributed by atoms with van der Waals surface area (Å²) in [4.78, 5) is 7.38. The van der Waals surface area contributed by atoms with Crippen molar-refractivity contribution in [2.45, 2.75) is 51.9 Å². The monoisotopic (exact) mass is 217 g/mol. The third kappa shape index (κ3) is 2.63. The largest absolute Gasteiger partial charge is 0.345 e. The first-order valence-electron chi connectivity index (χ1n) is 6.25. The fourth-order valence-electron chi connectivity index (χ4n) is 2.64. The smallest absolute Gasteiger partial charge is 0.161 e. The number of nitrogens with zero attached hydrogens (tertiary/aromatic N) is 2. The molecule has 0 bridgehead atoms. The Morgan fingerprint density at radius 3 is 2.81 bits per heavy atom. The molecule has 1 aromatic heterocycles. The summed E-state index contributed by atoms with van der Waals surface area (Å²) in [6.45, 7) is 1.91. The number of H-pyrrole nitrogens is 1. The van der Waals surface area contributed by atoms with Gasteiger partial charge in [0, 0.05) is 0 Å². The summed E-state index contributed by atoms with van der Waals surface area (Å²) in [6, 6.07) is 2.16. The van der Waals surface area contributed by atoms with Gasteiger partial charge < -0.3 is 4.98 Å². The Kier molecular flexibility index (Phi) is 3.61. The van der Waals surface area contributed by atoms with E-state index in [1.807, 2.05) is 6.92 Å². The van der Waals surface area contributed by atoms with Gasteiger partial charge in [0.2, 0.25) is 0 Å². The number of rotatable bonds is 3. The number of aromatic nitrogens is 2. The summed E-state index contributed by atoms with van der Waals surface area (Å²) in [5.74, 6) is 1.72. The number of imidazole rings is 1. The Morgan fingerprint density at radius 2 is 2.12 bits per heavy atom. The maximum absolute atomic E-state index is 8.94. The molecule has 0 unspecified atom stereocenters. The number of aryl methyl sites for hydroxylation is 2. The van der Waals surface area contributed by atoms with Crippen molar-refractivity contribution >= 4 is 0 Å². The molecule has 1 N–H and O–H groups in total. The third-order valence-electron chi connectivity index (χ3n) is 3.53. The average molecular weight is 217 g/mol. The van der Waals surface area contributed by atoms with E-state index < -0.39 is 0 Å². The number of nitrogens with one attached hydrogen (secondary N) is 1. The van der Waals surface area contributed by atoms with Crippen LogP contribution >= 0.6 is 0 Å². The molecule has 3 nitrogen and oxygen atoms in total. The minimum Gasteiger partial charge on any atom is -0.345 e. The molecule has 2 rings (SSSR count). The van der Waals surface area contributed by atoms with Crippen LogP contribution in [0.4, 0.5) is 0 Å². The van der Waals surface area contributed by atoms with Crippen molar-refractivity contribution in [3.05, 3.63) is 17.2 Å². The van der Waals surface area contributed by atoms with E-state index in [4.69, 9.17) is 5.26 Å². The molecule has 0 atom stereocenters. The summed E-state index contributed by atoms with van der Waals surface area (Å²) in [5, 5.41) is 8.94. The van der Waals surface area contributed by atoms with Crippen LogP contribution in [0.15, 0.2) is 0 Å². The Balaban J connectivity index is 1.91. The fourth-order valence-corrected chi connectivity index (χ4v) is 2.64. The van der Waals surface area contributed by atoms with E-state index in [1.54, 1.807) is 0 Å². The number of hydrogen-bond acceptors (Lipinski definition) is 2. The molecule has 0 radical (unpaired) electrons. The van der Waals surface area contributed by atoms with Crippen molar-refractivity contribution in [3.8, 4) is 6.07 Å². The van der Waals surface area contributed by atoms with Crippen molar-refractivity contribution in [2.24, 2.45) is 5.92 Å². The molecule has 1 saturated carbocycles. The van der Waals surface area contributed by atoms with Crippen LogP contribution in [-0.2, 0) is 6.42 Å². The summed E-state index contributed by atoms with van der Waals surface area (Å²) in [5.41, 5.74) is 1.62. The van der Waals surface area contributed by atoms with Gasteiger partial charge in [-0.15, -0.1) is 0 Å². The van der Waals surface area contributed by atoms with E-state index in [2.05, 4.69) is 16.0 Å². The maximum Gasteiger partial charge on any atom is 0.161 e. The fraction of sp³-hybridized carbons (Fsp3) is 0.692. The molecular weight excluding hydrogens is 198 g/mol. The lowest BCUT2D eigenvalue weighted by atomic mass is 9.86. The second kappa shape index (κ2) is 5.16. The molecule has 16 heavy (non-hydrogen) atoms. The van der Waals surface area contributed by atoms with E-state index in [-0.39, 0.29) is 0 Å². The quantitative estimate of drug-likeness (QED) is 0.845. The molecule has 0 amide bonds. The number of nitriles is 1. The first-order chi connectivity index (χ1) is 7.79. The van der Waals surface area contributed by atoms with Crippen LogP contribution in [0.3, 0.4) is 0 Å². The SMILES string of the molecule is Cc1nc(C#N)c(CCC2CCCCC2)[nH]1. The van der Waals surface area contributed by atoms with Gasteiger partial charge in [0.25, 0.3) is 0 Å². The topological polar surface area (TPSA) is 52.5 Å². The lowest BCUT2D eigenvalue weighted by molar-refractivity contribution is 0.338. The highest BCUT2D eigenvalue weighted by Crippen LogP contribution is 2.27. The van der Waals surface area contributed by atoms with Crippen LogP contribution in [0.5, 0.6) is 0 Å². The van der Waals surface area contributed by atoms with Crippen LogP contribution in [-0.4, -0.2) is 9.97 Å². The van der Waals surface area contributed by atoms with E-state index in [9.17, 15) is 0 Å². The zero-order valence-electron chi connectivity index (χ0n) is 9.92. The van der Waals surface area contributed by atoms with Gasteiger partial charge in [0.1, 0.15) is 11.9 Å². The Morgan fingerprint density at radius 1 is 1.38 bits per heavy atom. The molecule has 0 aliphatic heterocycles. The van der Waals surface area contributed by atoms with Gasteiger partial charge in [-0.25, -0.2) is 4.98 Å². The van der Waals surface area contributed by atoms with Crippen molar-refractivity contribution in [1.29, 1.82) is 5.26 Å². The van der Waals surface area contributed by atoms with Gasteiger partial charge in [-0.3, -0.25) is 0 Å². The summed E-state index contributed by atoms with van der Waals surface area (Å²) in [6.07, 6.45) is 9.10. The Labute approximate surface area is 96.9 Å². The molecule has 0 spiro atoms. The normalized spacial score (nSPS) is 17.2. The molecule has 86 valence electrons. The van der Waals surface area contributed by atoms with Crippen LogP contribution < -0.4 is 0 Å². The van der Waals surface area contributed by atoms with Gasteiger partial charge in [-0.2, -0.15) is 5.26 Å². The molecular formula is C13H19N3. The first-order valence-corrected chi connectivity index (χ1v) is 6.25. The lowest BCUT2D eigenvalue weighted by Crippen LogP contribution is -2.07. The highest BCUT2D eigenvalue weighted by molar-refractivity contribution is 5.27. The minimum absolute atomic E-state index is 0.591. The second-order valence-corrected chi connectivity index (χ2v) is 4.80. The summed E-state index contributed by atoms with van der Waals surface area (Å²) >= 11 is 0. The highest BCUT2D eigenvalue weighted by atomic mass is 14.9. The van der Waals surface area contributed by atoms with Gasteiger partial charge in [0.05, 0.1) is 5.69 Å². The predicted molar refractivity (Wildman–Crippen MR) is 62.9 cm³/mol. The molecule has 0 saturated heterocycles. The maximum atomic E-state index is 8.94. The van der Waals surface area contributed by atoms with E-state index in [0.29, 0.717) is 5.69 Å². The summed E-state index contributed by atoms with van der Waals surface area (Å²) < 4.78 is 0. The first kappa shape index (κ1) is 11.2. The standard InChI is InChI=1S/C13H19N3/c1-10-15-12(13(9-14)16-10)8-7-11-5-3-2-4-6-11/h11H,2-8H2,1H3,(H,15,16). The Hall–Kier alpha value is -1.30. The Bertz CT molecular complexity index is 380. The minimum atomic E-state index is 0.591. The van der Waals surface area contributed by atoms with Gasteiger partial charge in [-0.1, -0.05) is 32.1 Å². The average Bonchev–Trinajstić information content (AvgIpc) is 2.68. The predicted octanol–water partition coefficient (Wildman–Crippen LogP) is 3.10. The van der Waals surface area contributed by atoms with Gasteiger partial charge in [-0.05, 0) is 25.7 Å². The van der Waals surface area contributed by atoms with E-state index in [0.717, 1.165) is 23.9 Å². The van der Waals surface area contributed by atoms with Crippen molar-refractivity contribution in [2.75, 3.05) is 0 Å². The van der Waals surface area contributed by atoms with Gasteiger partial charge in [0.15, 0.2) is 5.69 Å². The van der Waals surface area contributed by atoms with Crippen LogP contribution in [0.25, 0.3) is 0 Å². The molecule has 1 aliphatic rings.